The highest BCUT2D eigenvalue weighted by atomic mass is 16.1. The summed E-state index contributed by atoms with van der Waals surface area (Å²) in [7, 11) is 0. The number of hydrogen-bond donors (Lipinski definition) is 0. The van der Waals surface area contributed by atoms with E-state index in [9.17, 15) is 4.79 Å². The van der Waals surface area contributed by atoms with E-state index in [4.69, 9.17) is 0 Å². The second-order valence-corrected chi connectivity index (χ2v) is 6.35. The Morgan fingerprint density at radius 1 is 1.29 bits per heavy atom. The Balaban J connectivity index is 1.93. The maximum absolute atomic E-state index is 11.9. The van der Waals surface area contributed by atoms with Crippen molar-refractivity contribution >= 4 is 5.78 Å². The molecular formula is C13H20O. The first-order chi connectivity index (χ1) is 6.59. The van der Waals surface area contributed by atoms with Gasteiger partial charge in [-0.2, -0.15) is 0 Å². The van der Waals surface area contributed by atoms with Crippen molar-refractivity contribution in [1.29, 1.82) is 0 Å². The molecule has 78 valence electrons. The molecule has 3 fully saturated rings. The highest BCUT2D eigenvalue weighted by Crippen LogP contribution is 2.61. The average molecular weight is 192 g/mol. The van der Waals surface area contributed by atoms with Gasteiger partial charge in [0.05, 0.1) is 0 Å². The van der Waals surface area contributed by atoms with Gasteiger partial charge in [0.1, 0.15) is 5.78 Å². The lowest BCUT2D eigenvalue weighted by Gasteiger charge is -2.59. The number of rotatable bonds is 0. The van der Waals surface area contributed by atoms with Crippen molar-refractivity contribution in [3.05, 3.63) is 0 Å². The fraction of sp³-hybridized carbons (Fsp3) is 0.923. The van der Waals surface area contributed by atoms with E-state index in [1.165, 1.54) is 25.7 Å². The molecule has 1 nitrogen and oxygen atoms in total. The first kappa shape index (κ1) is 8.94. The molecule has 0 heterocycles. The molecule has 0 spiro atoms. The van der Waals surface area contributed by atoms with Crippen LogP contribution in [-0.2, 0) is 4.79 Å². The molecule has 0 radical (unpaired) electrons. The lowest BCUT2D eigenvalue weighted by molar-refractivity contribution is -0.157. The number of carbonyl (C=O) groups is 1. The van der Waals surface area contributed by atoms with E-state index in [-0.39, 0.29) is 0 Å². The van der Waals surface area contributed by atoms with E-state index in [0.29, 0.717) is 17.1 Å². The van der Waals surface area contributed by atoms with Crippen LogP contribution in [0.2, 0.25) is 0 Å². The molecule has 0 aromatic carbocycles. The zero-order valence-corrected chi connectivity index (χ0v) is 9.25. The largest absolute Gasteiger partial charge is 0.299 e. The number of ketones is 1. The zero-order chi connectivity index (χ0) is 9.92. The van der Waals surface area contributed by atoms with Gasteiger partial charge in [-0.25, -0.2) is 0 Å². The molecule has 0 aliphatic heterocycles. The SMILES string of the molecule is CC1(C)CC(=O)[C@@H]2C[C@@H]3CCC[C@@H]1[C@@H]32. The van der Waals surface area contributed by atoms with Gasteiger partial charge < -0.3 is 0 Å². The van der Waals surface area contributed by atoms with Gasteiger partial charge in [-0.1, -0.05) is 26.7 Å². The summed E-state index contributed by atoms with van der Waals surface area (Å²) in [5.41, 5.74) is 0.303. The topological polar surface area (TPSA) is 17.1 Å². The fourth-order valence-corrected chi connectivity index (χ4v) is 4.45. The van der Waals surface area contributed by atoms with Crippen molar-refractivity contribution in [2.45, 2.75) is 46.0 Å². The lowest BCUT2D eigenvalue weighted by Crippen LogP contribution is -2.56. The third-order valence-corrected chi connectivity index (χ3v) is 5.17. The minimum Gasteiger partial charge on any atom is -0.299 e. The van der Waals surface area contributed by atoms with Gasteiger partial charge in [0.15, 0.2) is 0 Å². The molecule has 0 bridgehead atoms. The molecule has 0 unspecified atom stereocenters. The van der Waals surface area contributed by atoms with Crippen LogP contribution in [0, 0.1) is 29.1 Å². The predicted octanol–water partition coefficient (Wildman–Crippen LogP) is 3.04. The summed E-state index contributed by atoms with van der Waals surface area (Å²) in [5, 5.41) is 0. The monoisotopic (exact) mass is 192 g/mol. The Morgan fingerprint density at radius 3 is 2.86 bits per heavy atom. The second-order valence-electron chi connectivity index (χ2n) is 6.35. The molecule has 0 saturated heterocycles. The van der Waals surface area contributed by atoms with Gasteiger partial charge in [0, 0.05) is 12.3 Å². The molecule has 3 aliphatic rings. The molecule has 4 atom stereocenters. The van der Waals surface area contributed by atoms with Gasteiger partial charge in [0.25, 0.3) is 0 Å². The summed E-state index contributed by atoms with van der Waals surface area (Å²) in [6, 6.07) is 0. The molecule has 0 N–H and O–H groups in total. The van der Waals surface area contributed by atoms with E-state index in [1.807, 2.05) is 0 Å². The average Bonchev–Trinajstić information content (AvgIpc) is 2.03. The first-order valence-electron chi connectivity index (χ1n) is 6.12. The van der Waals surface area contributed by atoms with Gasteiger partial charge in [-0.05, 0) is 36.0 Å². The van der Waals surface area contributed by atoms with E-state index in [1.54, 1.807) is 0 Å². The van der Waals surface area contributed by atoms with E-state index >= 15 is 0 Å². The van der Waals surface area contributed by atoms with Crippen LogP contribution in [-0.4, -0.2) is 5.78 Å². The molecule has 0 aromatic heterocycles. The summed E-state index contributed by atoms with van der Waals surface area (Å²) < 4.78 is 0. The third kappa shape index (κ3) is 0.988. The van der Waals surface area contributed by atoms with E-state index in [2.05, 4.69) is 13.8 Å². The Labute approximate surface area is 86.3 Å². The van der Waals surface area contributed by atoms with Gasteiger partial charge in [-0.3, -0.25) is 4.79 Å². The normalized spacial score (nSPS) is 49.4. The summed E-state index contributed by atoms with van der Waals surface area (Å²) in [4.78, 5) is 11.9. The van der Waals surface area contributed by atoms with Crippen LogP contribution in [0.25, 0.3) is 0 Å². The molecule has 3 saturated carbocycles. The predicted molar refractivity (Wildman–Crippen MR) is 55.8 cm³/mol. The third-order valence-electron chi connectivity index (χ3n) is 5.17. The fourth-order valence-electron chi connectivity index (χ4n) is 4.45. The van der Waals surface area contributed by atoms with Crippen molar-refractivity contribution in [2.75, 3.05) is 0 Å². The van der Waals surface area contributed by atoms with Crippen molar-refractivity contribution in [3.8, 4) is 0 Å². The van der Waals surface area contributed by atoms with Crippen LogP contribution >= 0.6 is 0 Å². The van der Waals surface area contributed by atoms with Gasteiger partial charge in [-0.15, -0.1) is 0 Å². The van der Waals surface area contributed by atoms with Gasteiger partial charge >= 0.3 is 0 Å². The van der Waals surface area contributed by atoms with Gasteiger partial charge in [0.2, 0.25) is 0 Å². The Kier molecular flexibility index (Phi) is 1.67. The summed E-state index contributed by atoms with van der Waals surface area (Å²) in [6.45, 7) is 4.62. The van der Waals surface area contributed by atoms with E-state index < -0.39 is 0 Å². The van der Waals surface area contributed by atoms with Crippen LogP contribution in [0.15, 0.2) is 0 Å². The van der Waals surface area contributed by atoms with Crippen molar-refractivity contribution in [3.63, 3.8) is 0 Å². The van der Waals surface area contributed by atoms with Crippen molar-refractivity contribution < 1.29 is 4.79 Å². The number of carbonyl (C=O) groups excluding carboxylic acids is 1. The highest BCUT2D eigenvalue weighted by Gasteiger charge is 2.57. The molecular weight excluding hydrogens is 172 g/mol. The minimum absolute atomic E-state index is 0.303. The first-order valence-corrected chi connectivity index (χ1v) is 6.12. The number of hydrogen-bond acceptors (Lipinski definition) is 1. The molecule has 1 heteroatoms. The minimum atomic E-state index is 0.303. The zero-order valence-electron chi connectivity index (χ0n) is 9.25. The maximum Gasteiger partial charge on any atom is 0.136 e. The maximum atomic E-state index is 11.9. The second kappa shape index (κ2) is 2.62. The van der Waals surface area contributed by atoms with Crippen LogP contribution in [0.1, 0.15) is 46.0 Å². The quantitative estimate of drug-likeness (QED) is 0.576. The Hall–Kier alpha value is -0.330. The Morgan fingerprint density at radius 2 is 2.07 bits per heavy atom. The van der Waals surface area contributed by atoms with Crippen LogP contribution in [0.4, 0.5) is 0 Å². The summed E-state index contributed by atoms with van der Waals surface area (Å²) in [6.07, 6.45) is 6.29. The van der Waals surface area contributed by atoms with Crippen LogP contribution in [0.5, 0.6) is 0 Å². The summed E-state index contributed by atoms with van der Waals surface area (Å²) in [5.74, 6) is 3.63. The smallest absolute Gasteiger partial charge is 0.136 e. The number of Topliss-reactive ketones (excluding diaryl/α,β-unsaturated/α-hetero) is 1. The molecule has 3 aliphatic carbocycles. The van der Waals surface area contributed by atoms with Crippen molar-refractivity contribution in [2.24, 2.45) is 29.1 Å². The Bertz CT molecular complexity index is 279. The van der Waals surface area contributed by atoms with Crippen LogP contribution in [0.3, 0.4) is 0 Å². The molecule has 3 rings (SSSR count). The van der Waals surface area contributed by atoms with Crippen LogP contribution < -0.4 is 0 Å². The lowest BCUT2D eigenvalue weighted by atomic mass is 9.44. The highest BCUT2D eigenvalue weighted by molar-refractivity contribution is 5.84. The molecule has 0 aromatic rings. The molecule has 0 amide bonds. The summed E-state index contributed by atoms with van der Waals surface area (Å²) >= 11 is 0. The van der Waals surface area contributed by atoms with Crippen molar-refractivity contribution in [1.82, 2.24) is 0 Å². The standard InChI is InChI=1S/C13H20O/c1-13(2)7-11(14)9-6-8-4-3-5-10(13)12(8)9/h8-10,12H,3-7H2,1-2H3/t8-,9-,10+,12-/m0/s1. The van der Waals surface area contributed by atoms with E-state index in [0.717, 1.165) is 24.2 Å². The molecule has 14 heavy (non-hydrogen) atoms.